The third kappa shape index (κ3) is 29.3. The van der Waals surface area contributed by atoms with Crippen molar-refractivity contribution in [3.63, 3.8) is 0 Å². The first-order valence-corrected chi connectivity index (χ1v) is 16.2. The molecule has 0 aliphatic rings. The fraction of sp³-hybridized carbons (Fsp3) is 0.562. The quantitative estimate of drug-likeness (QED) is 0.0511. The molecular formula is C32H52NO9P. The minimum absolute atomic E-state index is 0.0797. The van der Waals surface area contributed by atoms with Gasteiger partial charge in [0.1, 0.15) is 19.8 Å². The lowest BCUT2D eigenvalue weighted by atomic mass is 10.2. The van der Waals surface area contributed by atoms with E-state index in [2.05, 4.69) is 55.5 Å². The van der Waals surface area contributed by atoms with Crippen LogP contribution >= 0.6 is 7.82 Å². The summed E-state index contributed by atoms with van der Waals surface area (Å²) in [6.07, 6.45) is 26.6. The van der Waals surface area contributed by atoms with Crippen LogP contribution in [0, 0.1) is 0 Å². The number of carbonyl (C=O) groups excluding carboxylic acids is 2. The van der Waals surface area contributed by atoms with E-state index in [1.807, 2.05) is 33.3 Å². The summed E-state index contributed by atoms with van der Waals surface area (Å²) in [5.41, 5.74) is 0. The highest BCUT2D eigenvalue weighted by molar-refractivity contribution is 7.45. The van der Waals surface area contributed by atoms with Crippen LogP contribution in [0.4, 0.5) is 0 Å². The zero-order chi connectivity index (χ0) is 32.4. The van der Waals surface area contributed by atoms with E-state index in [9.17, 15) is 24.2 Å². The number of aliphatic hydroxyl groups excluding tert-OH is 1. The van der Waals surface area contributed by atoms with Crippen LogP contribution < -0.4 is 4.89 Å². The molecule has 0 spiro atoms. The highest BCUT2D eigenvalue weighted by Gasteiger charge is 2.21. The number of nitrogens with zero attached hydrogens (tertiary/aromatic N) is 1. The van der Waals surface area contributed by atoms with Gasteiger partial charge in [-0.15, -0.1) is 0 Å². The van der Waals surface area contributed by atoms with Gasteiger partial charge >= 0.3 is 11.9 Å². The van der Waals surface area contributed by atoms with Gasteiger partial charge in [-0.25, -0.2) is 0 Å². The Morgan fingerprint density at radius 1 is 0.860 bits per heavy atom. The number of hydrogen-bond acceptors (Lipinski definition) is 9. The van der Waals surface area contributed by atoms with Crippen LogP contribution in [0.1, 0.15) is 58.8 Å². The Labute approximate surface area is 258 Å². The Bertz CT molecular complexity index is 993. The number of esters is 2. The molecule has 11 heteroatoms. The zero-order valence-electron chi connectivity index (χ0n) is 26.5. The summed E-state index contributed by atoms with van der Waals surface area (Å²) in [6, 6.07) is 0. The minimum Gasteiger partial charge on any atom is -0.756 e. The van der Waals surface area contributed by atoms with Crippen LogP contribution in [-0.4, -0.2) is 81.2 Å². The first-order valence-electron chi connectivity index (χ1n) is 14.7. The minimum atomic E-state index is -4.65. The Morgan fingerprint density at radius 2 is 1.42 bits per heavy atom. The molecule has 10 nitrogen and oxygen atoms in total. The summed E-state index contributed by atoms with van der Waals surface area (Å²) in [7, 11) is 0.994. The molecule has 0 aliphatic carbocycles. The Kier molecular flexibility index (Phi) is 23.3. The molecule has 0 heterocycles. The maximum absolute atomic E-state index is 12.3. The molecule has 0 aromatic heterocycles. The summed E-state index contributed by atoms with van der Waals surface area (Å²) >= 11 is 0. The lowest BCUT2D eigenvalue weighted by Crippen LogP contribution is -2.37. The average Bonchev–Trinajstić information content (AvgIpc) is 2.92. The number of allylic oxidation sites excluding steroid dienone is 11. The molecule has 0 fully saturated rings. The highest BCUT2D eigenvalue weighted by atomic mass is 31.2. The van der Waals surface area contributed by atoms with Crippen LogP contribution in [0.5, 0.6) is 0 Å². The Hall–Kier alpha value is -2.59. The van der Waals surface area contributed by atoms with Gasteiger partial charge in [0, 0.05) is 13.3 Å². The predicted octanol–water partition coefficient (Wildman–Crippen LogP) is 5.12. The van der Waals surface area contributed by atoms with Crippen molar-refractivity contribution in [1.82, 2.24) is 0 Å². The van der Waals surface area contributed by atoms with Gasteiger partial charge in [0.05, 0.1) is 33.9 Å². The second-order valence-electron chi connectivity index (χ2n) is 10.7. The van der Waals surface area contributed by atoms with Crippen LogP contribution in [0.2, 0.25) is 0 Å². The molecule has 244 valence electrons. The van der Waals surface area contributed by atoms with Gasteiger partial charge < -0.3 is 33.0 Å². The number of aliphatic hydroxyl groups is 1. The van der Waals surface area contributed by atoms with Crippen molar-refractivity contribution in [2.45, 2.75) is 71.0 Å². The highest BCUT2D eigenvalue weighted by Crippen LogP contribution is 2.38. The fourth-order valence-corrected chi connectivity index (χ4v) is 3.80. The van der Waals surface area contributed by atoms with Crippen LogP contribution in [0.3, 0.4) is 0 Å². The molecule has 0 radical (unpaired) electrons. The molecule has 0 aromatic rings. The predicted molar refractivity (Wildman–Crippen MR) is 168 cm³/mol. The summed E-state index contributed by atoms with van der Waals surface area (Å²) in [6.45, 7) is 2.69. The van der Waals surface area contributed by atoms with Gasteiger partial charge in [-0.2, -0.15) is 0 Å². The molecule has 0 saturated heterocycles. The van der Waals surface area contributed by atoms with Crippen molar-refractivity contribution >= 4 is 19.8 Å². The number of quaternary nitrogens is 1. The maximum Gasteiger partial charge on any atom is 0.306 e. The van der Waals surface area contributed by atoms with E-state index in [1.54, 1.807) is 12.2 Å². The van der Waals surface area contributed by atoms with Gasteiger partial charge in [-0.05, 0) is 38.5 Å². The van der Waals surface area contributed by atoms with Crippen molar-refractivity contribution < 1.29 is 47.2 Å². The summed E-state index contributed by atoms with van der Waals surface area (Å²) in [4.78, 5) is 35.5. The summed E-state index contributed by atoms with van der Waals surface area (Å²) in [5.74, 6) is -1.32. The monoisotopic (exact) mass is 625 g/mol. The second-order valence-corrected chi connectivity index (χ2v) is 12.1. The number of phosphoric ester groups is 1. The number of phosphoric acid groups is 1. The third-order valence-corrected chi connectivity index (χ3v) is 6.38. The summed E-state index contributed by atoms with van der Waals surface area (Å²) in [5, 5.41) is 10.1. The van der Waals surface area contributed by atoms with Crippen LogP contribution in [0.25, 0.3) is 0 Å². The van der Waals surface area contributed by atoms with E-state index in [0.717, 1.165) is 32.1 Å². The SMILES string of the molecule is CC/C=C\C/C=C\C/C=C\C/C=C\C/C=C\C=C/C(O)CCC(=O)O[C@H](COC(C)=O)COP(=O)([O-])OCC[N+](C)(C)C. The Balaban J connectivity index is 4.38. The van der Waals surface area contributed by atoms with E-state index in [4.69, 9.17) is 18.5 Å². The largest absolute Gasteiger partial charge is 0.756 e. The van der Waals surface area contributed by atoms with Gasteiger partial charge in [-0.3, -0.25) is 14.2 Å². The lowest BCUT2D eigenvalue weighted by Gasteiger charge is -2.28. The molecular weight excluding hydrogens is 573 g/mol. The van der Waals surface area contributed by atoms with Crippen LogP contribution in [0.15, 0.2) is 72.9 Å². The lowest BCUT2D eigenvalue weighted by molar-refractivity contribution is -0.870. The molecule has 0 aliphatic heterocycles. The van der Waals surface area contributed by atoms with Gasteiger partial charge in [-0.1, -0.05) is 79.8 Å². The zero-order valence-corrected chi connectivity index (χ0v) is 27.4. The molecule has 3 atom stereocenters. The number of likely N-dealkylation sites (N-methyl/N-ethyl adjacent to an activating group) is 1. The van der Waals surface area contributed by atoms with Crippen molar-refractivity contribution in [2.75, 3.05) is 47.5 Å². The molecule has 1 N–H and O–H groups in total. The number of carbonyl (C=O) groups is 2. The van der Waals surface area contributed by atoms with Crippen molar-refractivity contribution in [3.8, 4) is 0 Å². The van der Waals surface area contributed by atoms with Crippen LogP contribution in [-0.2, 0) is 32.7 Å². The molecule has 43 heavy (non-hydrogen) atoms. The number of rotatable bonds is 24. The Morgan fingerprint density at radius 3 is 1.95 bits per heavy atom. The van der Waals surface area contributed by atoms with Gasteiger partial charge in [0.25, 0.3) is 7.82 Å². The molecule has 0 amide bonds. The van der Waals surface area contributed by atoms with Crippen molar-refractivity contribution in [1.29, 1.82) is 0 Å². The number of hydrogen-bond donors (Lipinski definition) is 1. The van der Waals surface area contributed by atoms with Crippen molar-refractivity contribution in [2.24, 2.45) is 0 Å². The normalized spacial score (nSPS) is 15.8. The second kappa shape index (κ2) is 24.8. The van der Waals surface area contributed by atoms with E-state index in [0.29, 0.717) is 11.0 Å². The average molecular weight is 626 g/mol. The molecule has 0 rings (SSSR count). The number of ether oxygens (including phenoxy) is 2. The first kappa shape index (κ1) is 40.4. The van der Waals surface area contributed by atoms with E-state index < -0.39 is 38.6 Å². The van der Waals surface area contributed by atoms with Gasteiger partial charge in [0.2, 0.25) is 0 Å². The van der Waals surface area contributed by atoms with E-state index in [-0.39, 0.29) is 26.1 Å². The molecule has 0 aromatic carbocycles. The third-order valence-electron chi connectivity index (χ3n) is 5.42. The smallest absolute Gasteiger partial charge is 0.306 e. The van der Waals surface area contributed by atoms with Gasteiger partial charge in [0.15, 0.2) is 6.10 Å². The summed E-state index contributed by atoms with van der Waals surface area (Å²) < 4.78 is 32.2. The molecule has 0 bridgehead atoms. The molecule has 2 unspecified atom stereocenters. The van der Waals surface area contributed by atoms with E-state index in [1.165, 1.54) is 6.92 Å². The first-order chi connectivity index (χ1) is 20.3. The maximum atomic E-state index is 12.3. The molecule has 0 saturated carbocycles. The van der Waals surface area contributed by atoms with E-state index >= 15 is 0 Å². The van der Waals surface area contributed by atoms with Crippen molar-refractivity contribution in [3.05, 3.63) is 72.9 Å². The fourth-order valence-electron chi connectivity index (χ4n) is 3.08. The standard InChI is InChI=1S/C32H52NO9P/c1-6-7-8-9-10-11-12-13-14-15-16-17-18-19-20-21-22-30(35)23-24-32(36)42-31(27-39-29(2)34)28-41-43(37,38)40-26-25-33(3,4)5/h7-8,10-11,13-14,16-17,19-22,30-31,35H,6,9,12,15,18,23-28H2,1-5H3/b8-7-,11-10-,14-13-,17-16-,20-19-,22-21-/t30?,31-/m1/s1. The topological polar surface area (TPSA) is 131 Å².